The van der Waals surface area contributed by atoms with E-state index >= 15 is 0 Å². The fourth-order valence-corrected chi connectivity index (χ4v) is 3.85. The second-order valence-corrected chi connectivity index (χ2v) is 6.93. The van der Waals surface area contributed by atoms with E-state index in [-0.39, 0.29) is 12.1 Å². The molecule has 6 heteroatoms. The normalized spacial score (nSPS) is 19.0. The lowest BCUT2D eigenvalue weighted by Gasteiger charge is -2.28. The predicted octanol–water partition coefficient (Wildman–Crippen LogP) is 5.11. The van der Waals surface area contributed by atoms with Crippen molar-refractivity contribution in [3.05, 3.63) is 50.2 Å². The summed E-state index contributed by atoms with van der Waals surface area (Å²) in [5, 5.41) is 9.46. The van der Waals surface area contributed by atoms with Crippen LogP contribution in [0.2, 0.25) is 15.1 Å². The van der Waals surface area contributed by atoms with Gasteiger partial charge in [-0.05, 0) is 37.8 Å². The van der Waals surface area contributed by atoms with Crippen LogP contribution in [0.3, 0.4) is 0 Å². The van der Waals surface area contributed by atoms with Crippen molar-refractivity contribution in [3.63, 3.8) is 0 Å². The first kappa shape index (κ1) is 16.1. The third kappa shape index (κ3) is 2.88. The number of fused-ring (bicyclic) bond motifs is 1. The van der Waals surface area contributed by atoms with E-state index < -0.39 is 0 Å². The monoisotopic (exact) mass is 357 g/mol. The van der Waals surface area contributed by atoms with Gasteiger partial charge in [0.25, 0.3) is 0 Å². The SMILES string of the molecule is C[C@@H](N[C@H]1CCCc2c1cnn2C)c1ccc(Cl)c(Cl)c1Cl. The molecular weight excluding hydrogens is 341 g/mol. The fraction of sp³-hybridized carbons (Fsp3) is 0.438. The van der Waals surface area contributed by atoms with Gasteiger partial charge in [-0.2, -0.15) is 5.10 Å². The van der Waals surface area contributed by atoms with Crippen molar-refractivity contribution >= 4 is 34.8 Å². The summed E-state index contributed by atoms with van der Waals surface area (Å²) in [5.41, 5.74) is 3.57. The highest BCUT2D eigenvalue weighted by molar-refractivity contribution is 6.48. The van der Waals surface area contributed by atoms with Crippen LogP contribution < -0.4 is 5.32 Å². The molecule has 2 aromatic rings. The van der Waals surface area contributed by atoms with Crippen LogP contribution in [-0.4, -0.2) is 9.78 Å². The quantitative estimate of drug-likeness (QED) is 0.773. The number of aromatic nitrogens is 2. The zero-order chi connectivity index (χ0) is 15.9. The van der Waals surface area contributed by atoms with Crippen molar-refractivity contribution in [1.82, 2.24) is 15.1 Å². The maximum Gasteiger partial charge on any atom is 0.0781 e. The second kappa shape index (κ2) is 6.40. The number of rotatable bonds is 3. The van der Waals surface area contributed by atoms with Crippen molar-refractivity contribution < 1.29 is 0 Å². The van der Waals surface area contributed by atoms with Gasteiger partial charge in [-0.25, -0.2) is 0 Å². The van der Waals surface area contributed by atoms with Crippen molar-refractivity contribution in [3.8, 4) is 0 Å². The number of nitrogens with zero attached hydrogens (tertiary/aromatic N) is 2. The molecule has 1 N–H and O–H groups in total. The van der Waals surface area contributed by atoms with Gasteiger partial charge >= 0.3 is 0 Å². The van der Waals surface area contributed by atoms with Crippen LogP contribution in [0.1, 0.15) is 48.7 Å². The summed E-state index contributed by atoms with van der Waals surface area (Å²) in [6, 6.07) is 4.09. The third-order valence-corrected chi connectivity index (χ3v) is 5.67. The van der Waals surface area contributed by atoms with Gasteiger partial charge in [0, 0.05) is 30.4 Å². The van der Waals surface area contributed by atoms with Crippen LogP contribution in [0.4, 0.5) is 0 Å². The first-order valence-electron chi connectivity index (χ1n) is 7.39. The molecule has 1 aliphatic carbocycles. The smallest absolute Gasteiger partial charge is 0.0781 e. The molecule has 0 radical (unpaired) electrons. The Balaban J connectivity index is 1.84. The van der Waals surface area contributed by atoms with Gasteiger partial charge < -0.3 is 5.32 Å². The van der Waals surface area contributed by atoms with Crippen LogP contribution in [-0.2, 0) is 13.5 Å². The lowest BCUT2D eigenvalue weighted by Crippen LogP contribution is -2.28. The molecule has 1 heterocycles. The number of aryl methyl sites for hydroxylation is 1. The van der Waals surface area contributed by atoms with E-state index in [1.165, 1.54) is 11.3 Å². The third-order valence-electron chi connectivity index (χ3n) is 4.36. The van der Waals surface area contributed by atoms with Crippen LogP contribution >= 0.6 is 34.8 Å². The Labute approximate surface area is 145 Å². The van der Waals surface area contributed by atoms with Crippen molar-refractivity contribution in [2.45, 2.75) is 38.3 Å². The molecule has 1 aliphatic rings. The number of halogens is 3. The number of benzene rings is 1. The molecule has 0 amide bonds. The lowest BCUT2D eigenvalue weighted by molar-refractivity contribution is 0.411. The minimum absolute atomic E-state index is 0.0819. The summed E-state index contributed by atoms with van der Waals surface area (Å²) in [6.45, 7) is 2.09. The maximum atomic E-state index is 6.34. The van der Waals surface area contributed by atoms with Crippen LogP contribution in [0, 0.1) is 0 Å². The average Bonchev–Trinajstić information content (AvgIpc) is 2.88. The Morgan fingerprint density at radius 2 is 2.05 bits per heavy atom. The minimum atomic E-state index is 0.0819. The van der Waals surface area contributed by atoms with Crippen molar-refractivity contribution in [2.75, 3.05) is 0 Å². The molecular formula is C16H18Cl3N3. The highest BCUT2D eigenvalue weighted by Gasteiger charge is 2.25. The summed E-state index contributed by atoms with van der Waals surface area (Å²) >= 11 is 18.5. The van der Waals surface area contributed by atoms with Crippen molar-refractivity contribution in [1.29, 1.82) is 0 Å². The molecule has 3 rings (SSSR count). The van der Waals surface area contributed by atoms with Crippen molar-refractivity contribution in [2.24, 2.45) is 7.05 Å². The molecule has 0 aliphatic heterocycles. The zero-order valence-corrected chi connectivity index (χ0v) is 14.8. The molecule has 1 aromatic heterocycles. The molecule has 1 aromatic carbocycles. The lowest BCUT2D eigenvalue weighted by atomic mass is 9.92. The molecule has 0 unspecified atom stereocenters. The van der Waals surface area contributed by atoms with Gasteiger partial charge in [0.1, 0.15) is 0 Å². The van der Waals surface area contributed by atoms with Crippen LogP contribution in [0.5, 0.6) is 0 Å². The average molecular weight is 359 g/mol. The molecule has 0 saturated heterocycles. The summed E-state index contributed by atoms with van der Waals surface area (Å²) in [5.74, 6) is 0. The molecule has 0 spiro atoms. The summed E-state index contributed by atoms with van der Waals surface area (Å²) in [7, 11) is 2.00. The second-order valence-electron chi connectivity index (χ2n) is 5.77. The minimum Gasteiger partial charge on any atom is -0.303 e. The number of hydrogen-bond donors (Lipinski definition) is 1. The number of nitrogens with one attached hydrogen (secondary N) is 1. The molecule has 0 bridgehead atoms. The van der Waals surface area contributed by atoms with E-state index in [0.29, 0.717) is 15.1 Å². The topological polar surface area (TPSA) is 29.9 Å². The Bertz CT molecular complexity index is 696. The molecule has 3 nitrogen and oxygen atoms in total. The highest BCUT2D eigenvalue weighted by Crippen LogP contribution is 2.37. The zero-order valence-electron chi connectivity index (χ0n) is 12.5. The van der Waals surface area contributed by atoms with E-state index in [1.807, 2.05) is 24.0 Å². The Morgan fingerprint density at radius 1 is 1.27 bits per heavy atom. The first-order chi connectivity index (χ1) is 10.5. The van der Waals surface area contributed by atoms with Crippen LogP contribution in [0.25, 0.3) is 0 Å². The fourth-order valence-electron chi connectivity index (χ4n) is 3.15. The number of hydrogen-bond acceptors (Lipinski definition) is 2. The van der Waals surface area contributed by atoms with Gasteiger partial charge in [-0.15, -0.1) is 0 Å². The van der Waals surface area contributed by atoms with Gasteiger partial charge in [-0.3, -0.25) is 4.68 Å². The first-order valence-corrected chi connectivity index (χ1v) is 8.52. The largest absolute Gasteiger partial charge is 0.303 e. The summed E-state index contributed by atoms with van der Waals surface area (Å²) in [4.78, 5) is 0. The van der Waals surface area contributed by atoms with Gasteiger partial charge in [0.15, 0.2) is 0 Å². The summed E-state index contributed by atoms with van der Waals surface area (Å²) in [6.07, 6.45) is 5.31. The van der Waals surface area contributed by atoms with E-state index in [9.17, 15) is 0 Å². The van der Waals surface area contributed by atoms with Gasteiger partial charge in [0.05, 0.1) is 21.3 Å². The molecule has 22 heavy (non-hydrogen) atoms. The molecule has 0 saturated carbocycles. The predicted molar refractivity (Wildman–Crippen MR) is 91.9 cm³/mol. The van der Waals surface area contributed by atoms with E-state index in [2.05, 4.69) is 17.3 Å². The van der Waals surface area contributed by atoms with Crippen LogP contribution in [0.15, 0.2) is 18.3 Å². The van der Waals surface area contributed by atoms with E-state index in [1.54, 1.807) is 6.07 Å². The molecule has 0 fully saturated rings. The molecule has 2 atom stereocenters. The molecule has 118 valence electrons. The van der Waals surface area contributed by atoms with Gasteiger partial charge in [-0.1, -0.05) is 40.9 Å². The maximum absolute atomic E-state index is 6.34. The van der Waals surface area contributed by atoms with E-state index in [4.69, 9.17) is 34.8 Å². The Kier molecular flexibility index (Phi) is 4.69. The van der Waals surface area contributed by atoms with Gasteiger partial charge in [0.2, 0.25) is 0 Å². The summed E-state index contributed by atoms with van der Waals surface area (Å²) < 4.78 is 1.97. The Hall–Kier alpha value is -0.740. The van der Waals surface area contributed by atoms with E-state index in [0.717, 1.165) is 24.8 Å². The Morgan fingerprint density at radius 3 is 2.82 bits per heavy atom. The standard InChI is InChI=1S/C16H18Cl3N3/c1-9(10-6-7-12(17)16(19)15(10)18)21-13-4-3-5-14-11(13)8-20-22(14)2/h6-9,13,21H,3-5H2,1-2H3/t9-,13+/m1/s1. The highest BCUT2D eigenvalue weighted by atomic mass is 35.5.